The quantitative estimate of drug-likeness (QED) is 0.668. The number of aryl methyl sites for hydroxylation is 1. The van der Waals surface area contributed by atoms with Crippen molar-refractivity contribution < 1.29 is 18.0 Å². The minimum atomic E-state index is -4.48. The highest BCUT2D eigenvalue weighted by Gasteiger charge is 2.30. The van der Waals surface area contributed by atoms with Crippen LogP contribution in [0.1, 0.15) is 19.2 Å². The van der Waals surface area contributed by atoms with Gasteiger partial charge in [-0.3, -0.25) is 4.79 Å². The van der Waals surface area contributed by atoms with Crippen LogP contribution in [0, 0.1) is 6.92 Å². The van der Waals surface area contributed by atoms with E-state index in [2.05, 4.69) is 25.9 Å². The zero-order chi connectivity index (χ0) is 15.9. The summed E-state index contributed by atoms with van der Waals surface area (Å²) in [5.41, 5.74) is 0. The van der Waals surface area contributed by atoms with E-state index < -0.39 is 18.5 Å². The number of nitrogens with zero attached hydrogens (tertiary/aromatic N) is 2. The summed E-state index contributed by atoms with van der Waals surface area (Å²) in [5, 5.41) is 8.14. The number of hydrogen-bond donors (Lipinski definition) is 3. The zero-order valence-electron chi connectivity index (χ0n) is 11.8. The van der Waals surface area contributed by atoms with Crippen LogP contribution in [0.2, 0.25) is 0 Å². The Bertz CT molecular complexity index is 478. The van der Waals surface area contributed by atoms with Crippen molar-refractivity contribution >= 4 is 17.5 Å². The Morgan fingerprint density at radius 2 is 1.81 bits per heavy atom. The smallest absolute Gasteiger partial charge is 0.370 e. The van der Waals surface area contributed by atoms with Gasteiger partial charge in [-0.05, 0) is 13.8 Å². The summed E-state index contributed by atoms with van der Waals surface area (Å²) < 4.78 is 35.8. The van der Waals surface area contributed by atoms with Crippen molar-refractivity contribution in [3.05, 3.63) is 11.9 Å². The van der Waals surface area contributed by atoms with Crippen LogP contribution in [0.5, 0.6) is 0 Å². The van der Waals surface area contributed by atoms with Gasteiger partial charge >= 0.3 is 6.18 Å². The first-order valence-electron chi connectivity index (χ1n) is 6.47. The Morgan fingerprint density at radius 3 is 2.38 bits per heavy atom. The number of hydrogen-bond acceptors (Lipinski definition) is 5. The lowest BCUT2D eigenvalue weighted by Crippen LogP contribution is -2.32. The van der Waals surface area contributed by atoms with Gasteiger partial charge in [0.15, 0.2) is 0 Å². The molecule has 0 aliphatic carbocycles. The fourth-order valence-electron chi connectivity index (χ4n) is 1.57. The largest absolute Gasteiger partial charge is 0.397 e. The van der Waals surface area contributed by atoms with Crippen molar-refractivity contribution in [3.63, 3.8) is 0 Å². The average Bonchev–Trinajstić information content (AvgIpc) is 2.32. The average molecular weight is 305 g/mol. The first-order valence-corrected chi connectivity index (χ1v) is 6.47. The van der Waals surface area contributed by atoms with Crippen LogP contribution >= 0.6 is 0 Å². The SMILES string of the molecule is CCNc1cc(NCCNC(=O)CC(F)(F)F)nc(C)n1. The molecular weight excluding hydrogens is 287 g/mol. The molecule has 21 heavy (non-hydrogen) atoms. The molecule has 1 aromatic heterocycles. The summed E-state index contributed by atoms with van der Waals surface area (Å²) in [7, 11) is 0. The predicted molar refractivity (Wildman–Crippen MR) is 73.1 cm³/mol. The number of aromatic nitrogens is 2. The van der Waals surface area contributed by atoms with Crippen LogP contribution in [0.3, 0.4) is 0 Å². The summed E-state index contributed by atoms with van der Waals surface area (Å²) in [5.74, 6) is 0.727. The number of halogens is 3. The van der Waals surface area contributed by atoms with Crippen LogP contribution in [-0.2, 0) is 4.79 Å². The van der Waals surface area contributed by atoms with Crippen molar-refractivity contribution in [2.75, 3.05) is 30.3 Å². The van der Waals surface area contributed by atoms with Crippen LogP contribution < -0.4 is 16.0 Å². The molecule has 3 N–H and O–H groups in total. The molecule has 0 saturated carbocycles. The van der Waals surface area contributed by atoms with E-state index in [0.717, 1.165) is 0 Å². The fourth-order valence-corrected chi connectivity index (χ4v) is 1.57. The molecule has 0 bridgehead atoms. The topological polar surface area (TPSA) is 78.9 Å². The number of carbonyl (C=O) groups excluding carboxylic acids is 1. The Kier molecular flexibility index (Phi) is 6.19. The third-order valence-corrected chi connectivity index (χ3v) is 2.31. The molecule has 0 spiro atoms. The zero-order valence-corrected chi connectivity index (χ0v) is 11.8. The van der Waals surface area contributed by atoms with Gasteiger partial charge in [-0.15, -0.1) is 0 Å². The van der Waals surface area contributed by atoms with Gasteiger partial charge < -0.3 is 16.0 Å². The van der Waals surface area contributed by atoms with E-state index in [1.807, 2.05) is 6.92 Å². The molecule has 0 saturated heterocycles. The second-order valence-electron chi connectivity index (χ2n) is 4.28. The van der Waals surface area contributed by atoms with Gasteiger partial charge in [0.05, 0.1) is 0 Å². The van der Waals surface area contributed by atoms with E-state index in [1.165, 1.54) is 0 Å². The number of rotatable bonds is 7. The van der Waals surface area contributed by atoms with Gasteiger partial charge in [-0.2, -0.15) is 13.2 Å². The van der Waals surface area contributed by atoms with E-state index in [0.29, 0.717) is 24.0 Å². The van der Waals surface area contributed by atoms with E-state index in [4.69, 9.17) is 0 Å². The first kappa shape index (κ1) is 17.0. The maximum absolute atomic E-state index is 11.9. The van der Waals surface area contributed by atoms with Crippen molar-refractivity contribution in [1.82, 2.24) is 15.3 Å². The molecular formula is C12H18F3N5O. The molecule has 0 fully saturated rings. The number of amides is 1. The monoisotopic (exact) mass is 305 g/mol. The molecule has 1 amide bonds. The highest BCUT2D eigenvalue weighted by atomic mass is 19.4. The molecule has 0 aromatic carbocycles. The van der Waals surface area contributed by atoms with Crippen LogP contribution in [0.25, 0.3) is 0 Å². The molecule has 9 heteroatoms. The molecule has 0 aliphatic rings. The third kappa shape index (κ3) is 7.33. The second kappa shape index (κ2) is 7.65. The van der Waals surface area contributed by atoms with E-state index in [9.17, 15) is 18.0 Å². The van der Waals surface area contributed by atoms with Crippen molar-refractivity contribution in [2.45, 2.75) is 26.4 Å². The highest BCUT2D eigenvalue weighted by molar-refractivity contribution is 5.76. The lowest BCUT2D eigenvalue weighted by atomic mass is 10.4. The predicted octanol–water partition coefficient (Wildman–Crippen LogP) is 1.70. The van der Waals surface area contributed by atoms with Crippen molar-refractivity contribution in [3.8, 4) is 0 Å². The second-order valence-corrected chi connectivity index (χ2v) is 4.28. The Labute approximate surface area is 120 Å². The van der Waals surface area contributed by atoms with Crippen LogP contribution in [0.4, 0.5) is 24.8 Å². The molecule has 0 aliphatic heterocycles. The lowest BCUT2D eigenvalue weighted by molar-refractivity contribution is -0.153. The van der Waals surface area contributed by atoms with Gasteiger partial charge in [0.25, 0.3) is 0 Å². The molecule has 6 nitrogen and oxygen atoms in total. The Balaban J connectivity index is 2.37. The van der Waals surface area contributed by atoms with Gasteiger partial charge in [0, 0.05) is 25.7 Å². The molecule has 0 radical (unpaired) electrons. The van der Waals surface area contributed by atoms with Crippen LogP contribution in [-0.4, -0.2) is 41.7 Å². The Morgan fingerprint density at radius 1 is 1.19 bits per heavy atom. The van der Waals surface area contributed by atoms with Crippen LogP contribution in [0.15, 0.2) is 6.07 Å². The van der Waals surface area contributed by atoms with Gasteiger partial charge in [-0.25, -0.2) is 9.97 Å². The molecule has 1 rings (SSSR count). The van der Waals surface area contributed by atoms with Gasteiger partial charge in [0.1, 0.15) is 23.9 Å². The van der Waals surface area contributed by atoms with E-state index in [1.54, 1.807) is 13.0 Å². The number of carbonyl (C=O) groups is 1. The minimum absolute atomic E-state index is 0.0779. The summed E-state index contributed by atoms with van der Waals surface area (Å²) in [6.45, 7) is 4.72. The summed E-state index contributed by atoms with van der Waals surface area (Å²) in [6.07, 6.45) is -5.95. The van der Waals surface area contributed by atoms with Crippen molar-refractivity contribution in [2.24, 2.45) is 0 Å². The minimum Gasteiger partial charge on any atom is -0.370 e. The number of nitrogens with one attached hydrogen (secondary N) is 3. The molecule has 0 unspecified atom stereocenters. The summed E-state index contributed by atoms with van der Waals surface area (Å²) in [6, 6.07) is 1.69. The van der Waals surface area contributed by atoms with Gasteiger partial charge in [0.2, 0.25) is 5.91 Å². The summed E-state index contributed by atoms with van der Waals surface area (Å²) >= 11 is 0. The van der Waals surface area contributed by atoms with Gasteiger partial charge in [-0.1, -0.05) is 0 Å². The number of anilines is 2. The molecule has 1 heterocycles. The fraction of sp³-hybridized carbons (Fsp3) is 0.583. The highest BCUT2D eigenvalue weighted by Crippen LogP contribution is 2.18. The first-order chi connectivity index (χ1) is 9.80. The third-order valence-electron chi connectivity index (χ3n) is 2.31. The lowest BCUT2D eigenvalue weighted by Gasteiger charge is -2.10. The maximum Gasteiger partial charge on any atom is 0.397 e. The maximum atomic E-state index is 11.9. The summed E-state index contributed by atoms with van der Waals surface area (Å²) in [4.78, 5) is 19.3. The normalized spacial score (nSPS) is 11.1. The van der Waals surface area contributed by atoms with Crippen molar-refractivity contribution in [1.29, 1.82) is 0 Å². The number of alkyl halides is 3. The molecule has 1 aromatic rings. The van der Waals surface area contributed by atoms with E-state index >= 15 is 0 Å². The standard InChI is InChI=1S/C12H18F3N5O/c1-3-16-9-6-10(20-8(2)19-9)17-4-5-18-11(21)7-12(13,14)15/h6H,3-5,7H2,1-2H3,(H,18,21)(H2,16,17,19,20). The Hall–Kier alpha value is -2.06. The molecule has 118 valence electrons. The molecule has 0 atom stereocenters. The van der Waals surface area contributed by atoms with E-state index in [-0.39, 0.29) is 13.1 Å².